The van der Waals surface area contributed by atoms with Crippen LogP contribution >= 0.6 is 0 Å². The summed E-state index contributed by atoms with van der Waals surface area (Å²) in [5.41, 5.74) is 2.08. The molecule has 10 heteroatoms. The number of rotatable bonds is 8. The third kappa shape index (κ3) is 11.3. The SMILES string of the molecule is C=C/C(=C(\c1cc(CCC)ccc1N(C)C)C(F)(F)F)c1cccc2c(C)cccc12.CC.CCNC(=O)c1c(F)cccc1F.O=CO. The molecule has 5 nitrogen and oxygen atoms in total. The minimum absolute atomic E-state index is 0.0976. The molecule has 49 heavy (non-hydrogen) atoms. The van der Waals surface area contributed by atoms with E-state index in [1.165, 1.54) is 12.1 Å². The summed E-state index contributed by atoms with van der Waals surface area (Å²) in [7, 11) is 3.53. The van der Waals surface area contributed by atoms with E-state index in [9.17, 15) is 26.7 Å². The number of nitrogens with one attached hydrogen (secondary N) is 1. The van der Waals surface area contributed by atoms with Crippen molar-refractivity contribution in [3.05, 3.63) is 125 Å². The molecule has 4 aromatic rings. The van der Waals surface area contributed by atoms with E-state index in [2.05, 4.69) is 11.9 Å². The molecule has 0 radical (unpaired) electrons. The molecule has 0 heterocycles. The predicted molar refractivity (Wildman–Crippen MR) is 191 cm³/mol. The summed E-state index contributed by atoms with van der Waals surface area (Å²) in [5.74, 6) is -2.41. The van der Waals surface area contributed by atoms with Gasteiger partial charge >= 0.3 is 6.18 Å². The van der Waals surface area contributed by atoms with E-state index in [4.69, 9.17) is 9.90 Å². The zero-order valence-corrected chi connectivity index (χ0v) is 29.0. The van der Waals surface area contributed by atoms with E-state index in [1.807, 2.05) is 64.1 Å². The van der Waals surface area contributed by atoms with Gasteiger partial charge in [-0.3, -0.25) is 9.59 Å². The number of amides is 1. The van der Waals surface area contributed by atoms with Crippen LogP contribution in [0.5, 0.6) is 0 Å². The molecule has 0 fully saturated rings. The molecular formula is C39H45F5N2O3. The Bertz CT molecular complexity index is 1710. The Kier molecular flexibility index (Phi) is 17.5. The topological polar surface area (TPSA) is 69.6 Å². The molecule has 0 atom stereocenters. The molecule has 4 aromatic carbocycles. The van der Waals surface area contributed by atoms with Gasteiger partial charge < -0.3 is 15.3 Å². The highest BCUT2D eigenvalue weighted by atomic mass is 19.4. The van der Waals surface area contributed by atoms with Crippen molar-refractivity contribution in [1.82, 2.24) is 5.32 Å². The quantitative estimate of drug-likeness (QED) is 0.0839. The first-order chi connectivity index (χ1) is 23.3. The number of carboxylic acid groups (broad SMARTS) is 1. The number of aryl methyl sites for hydroxylation is 2. The standard InChI is InChI=1S/C27H28F3N.C9H9F2NO.C2H6.CH2O2/c1-6-10-19-15-16-25(31(4)5)24(17-19)26(27(28,29)30)20(7-2)22-14-9-12-21-18(3)11-8-13-23(21)22;1-2-12-9(13)8-6(10)4-3-5-7(8)11;1-2;2-1-3/h7-9,11-17H,2,6,10H2,1,3-5H3;3-5H,2H2,1H3,(H,12,13);1-2H3;1H,(H,2,3)/b26-20-;;;. The van der Waals surface area contributed by atoms with Gasteiger partial charge in [-0.1, -0.05) is 88.4 Å². The van der Waals surface area contributed by atoms with Crippen molar-refractivity contribution in [3.63, 3.8) is 0 Å². The number of alkyl halides is 3. The lowest BCUT2D eigenvalue weighted by molar-refractivity contribution is -0.122. The summed E-state index contributed by atoms with van der Waals surface area (Å²) < 4.78 is 69.8. The molecule has 0 saturated heterocycles. The van der Waals surface area contributed by atoms with Gasteiger partial charge in [-0.25, -0.2) is 8.78 Å². The Labute approximate surface area is 285 Å². The second-order valence-electron chi connectivity index (χ2n) is 10.5. The maximum absolute atomic E-state index is 14.6. The first-order valence-electron chi connectivity index (χ1n) is 15.8. The lowest BCUT2D eigenvalue weighted by atomic mass is 9.88. The number of hydrogen-bond acceptors (Lipinski definition) is 3. The minimum atomic E-state index is -4.55. The van der Waals surface area contributed by atoms with Crippen LogP contribution in [0, 0.1) is 18.6 Å². The van der Waals surface area contributed by atoms with Crippen LogP contribution in [0.1, 0.15) is 66.7 Å². The molecule has 0 aliphatic rings. The normalized spacial score (nSPS) is 10.9. The fraction of sp³-hybridized carbons (Fsp3) is 0.282. The molecule has 0 aliphatic carbocycles. The van der Waals surface area contributed by atoms with Crippen molar-refractivity contribution in [1.29, 1.82) is 0 Å². The number of carbonyl (C=O) groups excluding carboxylic acids is 1. The van der Waals surface area contributed by atoms with Crippen LogP contribution in [0.15, 0.2) is 85.5 Å². The number of nitrogens with zero attached hydrogens (tertiary/aromatic N) is 1. The summed E-state index contributed by atoms with van der Waals surface area (Å²) in [6.07, 6.45) is -1.62. The summed E-state index contributed by atoms with van der Waals surface area (Å²) in [6, 6.07) is 19.9. The Morgan fingerprint density at radius 3 is 1.96 bits per heavy atom. The molecule has 0 aliphatic heterocycles. The Balaban J connectivity index is 0.000000554. The van der Waals surface area contributed by atoms with Crippen LogP contribution in [-0.4, -0.2) is 44.3 Å². The van der Waals surface area contributed by atoms with Gasteiger partial charge in [0.1, 0.15) is 17.2 Å². The van der Waals surface area contributed by atoms with Crippen LogP contribution in [0.3, 0.4) is 0 Å². The van der Waals surface area contributed by atoms with E-state index < -0.39 is 34.9 Å². The molecule has 4 rings (SSSR count). The first-order valence-corrected chi connectivity index (χ1v) is 15.8. The molecule has 0 aromatic heterocycles. The van der Waals surface area contributed by atoms with Gasteiger partial charge in [-0.05, 0) is 77.6 Å². The number of anilines is 1. The average Bonchev–Trinajstić information content (AvgIpc) is 3.05. The van der Waals surface area contributed by atoms with Crippen LogP contribution in [0.4, 0.5) is 27.6 Å². The molecular weight excluding hydrogens is 639 g/mol. The monoisotopic (exact) mass is 684 g/mol. The van der Waals surface area contributed by atoms with Gasteiger partial charge in [0.25, 0.3) is 12.4 Å². The van der Waals surface area contributed by atoms with Gasteiger partial charge in [-0.2, -0.15) is 13.2 Å². The van der Waals surface area contributed by atoms with E-state index in [0.717, 1.165) is 46.9 Å². The third-order valence-electron chi connectivity index (χ3n) is 7.07. The molecule has 264 valence electrons. The summed E-state index contributed by atoms with van der Waals surface area (Å²) >= 11 is 0. The first kappa shape index (κ1) is 42.0. The lowest BCUT2D eigenvalue weighted by Crippen LogP contribution is -2.24. The van der Waals surface area contributed by atoms with E-state index >= 15 is 0 Å². The van der Waals surface area contributed by atoms with Crippen molar-refractivity contribution >= 4 is 40.0 Å². The molecule has 2 N–H and O–H groups in total. The maximum atomic E-state index is 14.6. The largest absolute Gasteiger partial charge is 0.483 e. The predicted octanol–water partition coefficient (Wildman–Crippen LogP) is 10.3. The summed E-state index contributed by atoms with van der Waals surface area (Å²) in [4.78, 5) is 21.2. The van der Waals surface area contributed by atoms with E-state index in [-0.39, 0.29) is 17.6 Å². The zero-order chi connectivity index (χ0) is 37.3. The van der Waals surface area contributed by atoms with Crippen LogP contribution < -0.4 is 10.2 Å². The van der Waals surface area contributed by atoms with Crippen LogP contribution in [0.2, 0.25) is 0 Å². The molecule has 0 unspecified atom stereocenters. The molecule has 0 bridgehead atoms. The van der Waals surface area contributed by atoms with Gasteiger partial charge in [0.2, 0.25) is 0 Å². The van der Waals surface area contributed by atoms with Crippen molar-refractivity contribution < 1.29 is 36.6 Å². The number of hydrogen-bond donors (Lipinski definition) is 2. The molecule has 0 saturated carbocycles. The Hall–Kier alpha value is -4.99. The smallest absolute Gasteiger partial charge is 0.417 e. The van der Waals surface area contributed by atoms with Gasteiger partial charge in [0.05, 0.1) is 5.57 Å². The highest BCUT2D eigenvalue weighted by Gasteiger charge is 2.39. The highest BCUT2D eigenvalue weighted by Crippen LogP contribution is 2.45. The van der Waals surface area contributed by atoms with Gasteiger partial charge in [-0.15, -0.1) is 0 Å². The second kappa shape index (κ2) is 20.4. The second-order valence-corrected chi connectivity index (χ2v) is 10.5. The van der Waals surface area contributed by atoms with Crippen LogP contribution in [0.25, 0.3) is 21.9 Å². The third-order valence-corrected chi connectivity index (χ3v) is 7.07. The fourth-order valence-corrected chi connectivity index (χ4v) is 5.08. The fourth-order valence-electron chi connectivity index (χ4n) is 5.08. The van der Waals surface area contributed by atoms with Crippen molar-refractivity contribution in [2.24, 2.45) is 0 Å². The zero-order valence-electron chi connectivity index (χ0n) is 29.0. The Morgan fingerprint density at radius 2 is 1.45 bits per heavy atom. The van der Waals surface area contributed by atoms with Crippen molar-refractivity contribution in [2.75, 3.05) is 25.5 Å². The van der Waals surface area contributed by atoms with Crippen LogP contribution in [-0.2, 0) is 11.2 Å². The average molecular weight is 685 g/mol. The molecule has 0 spiro atoms. The van der Waals surface area contributed by atoms with Gasteiger partial charge in [0.15, 0.2) is 0 Å². The van der Waals surface area contributed by atoms with Crippen molar-refractivity contribution in [3.8, 4) is 0 Å². The lowest BCUT2D eigenvalue weighted by Gasteiger charge is -2.24. The number of halogens is 5. The maximum Gasteiger partial charge on any atom is 0.417 e. The number of benzene rings is 4. The summed E-state index contributed by atoms with van der Waals surface area (Å²) in [5, 5.41) is 10.9. The number of carbonyl (C=O) groups is 2. The highest BCUT2D eigenvalue weighted by molar-refractivity contribution is 6.07. The van der Waals surface area contributed by atoms with Gasteiger partial charge in [0, 0.05) is 31.9 Å². The number of fused-ring (bicyclic) bond motifs is 1. The van der Waals surface area contributed by atoms with Crippen molar-refractivity contribution in [2.45, 2.75) is 53.6 Å². The van der Waals surface area contributed by atoms with E-state index in [0.29, 0.717) is 17.8 Å². The minimum Gasteiger partial charge on any atom is -0.483 e. The summed E-state index contributed by atoms with van der Waals surface area (Å²) in [6.45, 7) is 13.5. The molecule has 1 amide bonds. The Morgan fingerprint density at radius 1 is 0.898 bits per heavy atom. The van der Waals surface area contributed by atoms with E-state index in [1.54, 1.807) is 44.1 Å². The number of allylic oxidation sites excluding steroid dienone is 3.